The van der Waals surface area contributed by atoms with Gasteiger partial charge in [-0.25, -0.2) is 0 Å². The number of rotatable bonds is 54. The summed E-state index contributed by atoms with van der Waals surface area (Å²) in [5, 5.41) is 87.0. The van der Waals surface area contributed by atoms with Crippen LogP contribution in [0, 0.1) is 0 Å². The monoisotopic (exact) mass is 1150 g/mol. The molecule has 1 amide bonds. The second-order valence-corrected chi connectivity index (χ2v) is 23.6. The van der Waals surface area contributed by atoms with E-state index in [0.717, 1.165) is 38.5 Å². The van der Waals surface area contributed by atoms with Crippen molar-refractivity contribution in [3.8, 4) is 0 Å². The first-order valence-electron chi connectivity index (χ1n) is 33.4. The molecule has 474 valence electrons. The molecule has 0 saturated carbocycles. The average molecular weight is 1150 g/mol. The zero-order chi connectivity index (χ0) is 58.8. The van der Waals surface area contributed by atoms with Crippen LogP contribution in [0.3, 0.4) is 0 Å². The largest absolute Gasteiger partial charge is 0.394 e. The van der Waals surface area contributed by atoms with Gasteiger partial charge in [0.25, 0.3) is 0 Å². The number of carbonyl (C=O) groups is 1. The molecule has 0 bridgehead atoms. The fourth-order valence-corrected chi connectivity index (χ4v) is 10.9. The standard InChI is InChI=1S/C67H123NO13/c1-3-5-7-9-11-13-15-17-18-19-20-21-22-23-24-25-26-27-28-29-30-31-32-33-34-35-36-37-38-39-41-43-45-47-49-51-59(72)68-55(56(71)50-48-46-44-42-40-16-14-12-10-8-6-4-2)54-78-66-64(77)62(75)65(58(53-70)80-66)81-67-63(76)61(74)60(73)57(52-69)79-67/h15,17,19-20,40,42,48,50,55-58,60-67,69-71,73-77H,3-14,16,18,21-39,41,43-47,49,51-54H2,1-2H3,(H,68,72)/b17-15-,20-19-,42-40+,50-48+. The van der Waals surface area contributed by atoms with Crippen molar-refractivity contribution in [2.45, 2.75) is 351 Å². The fraction of sp³-hybridized carbons (Fsp3) is 0.866. The van der Waals surface area contributed by atoms with Gasteiger partial charge in [-0.05, 0) is 64.2 Å². The number of nitrogens with one attached hydrogen (secondary N) is 1. The molecule has 0 radical (unpaired) electrons. The Morgan fingerprint density at radius 3 is 1.28 bits per heavy atom. The lowest BCUT2D eigenvalue weighted by Crippen LogP contribution is -2.65. The zero-order valence-corrected chi connectivity index (χ0v) is 51.3. The molecule has 12 atom stereocenters. The Bertz CT molecular complexity index is 1540. The number of ether oxygens (including phenoxy) is 4. The molecule has 0 aromatic rings. The van der Waals surface area contributed by atoms with Crippen LogP contribution >= 0.6 is 0 Å². The SMILES string of the molecule is CCCCCCC/C=C\C/C=C\CCCCCCCCCCCCCCCCCCCCCCCCCC(=O)NC(COC1OC(CO)C(OC2OC(CO)C(O)C(O)C2O)C(O)C1O)C(O)/C=C/CC/C=C/CCCCCCCC. The van der Waals surface area contributed by atoms with E-state index in [1.807, 2.05) is 6.08 Å². The number of carbonyl (C=O) groups excluding carboxylic acids is 1. The Labute approximate surface area is 493 Å². The van der Waals surface area contributed by atoms with Crippen molar-refractivity contribution in [3.63, 3.8) is 0 Å². The van der Waals surface area contributed by atoms with Gasteiger partial charge >= 0.3 is 0 Å². The molecular formula is C67H123NO13. The van der Waals surface area contributed by atoms with Crippen molar-refractivity contribution in [1.82, 2.24) is 5.32 Å². The summed E-state index contributed by atoms with van der Waals surface area (Å²) in [5.74, 6) is -0.247. The maximum atomic E-state index is 13.3. The van der Waals surface area contributed by atoms with Gasteiger partial charge in [-0.1, -0.05) is 255 Å². The predicted molar refractivity (Wildman–Crippen MR) is 327 cm³/mol. The third-order valence-corrected chi connectivity index (χ3v) is 16.2. The van der Waals surface area contributed by atoms with E-state index in [0.29, 0.717) is 12.8 Å². The van der Waals surface area contributed by atoms with Gasteiger partial charge in [0.15, 0.2) is 12.6 Å². The van der Waals surface area contributed by atoms with Gasteiger partial charge in [-0.2, -0.15) is 0 Å². The van der Waals surface area contributed by atoms with E-state index < -0.39 is 86.8 Å². The van der Waals surface area contributed by atoms with Gasteiger partial charge in [-0.3, -0.25) is 4.79 Å². The number of hydrogen-bond donors (Lipinski definition) is 9. The molecule has 0 spiro atoms. The first-order chi connectivity index (χ1) is 39.6. The second-order valence-electron chi connectivity index (χ2n) is 23.6. The van der Waals surface area contributed by atoms with Crippen molar-refractivity contribution in [3.05, 3.63) is 48.6 Å². The van der Waals surface area contributed by atoms with Crippen molar-refractivity contribution in [1.29, 1.82) is 0 Å². The van der Waals surface area contributed by atoms with E-state index in [1.54, 1.807) is 6.08 Å². The number of aliphatic hydroxyl groups excluding tert-OH is 8. The third-order valence-electron chi connectivity index (χ3n) is 16.2. The van der Waals surface area contributed by atoms with Crippen LogP contribution in [-0.4, -0.2) is 140 Å². The van der Waals surface area contributed by atoms with E-state index in [-0.39, 0.29) is 18.9 Å². The molecule has 2 heterocycles. The van der Waals surface area contributed by atoms with Gasteiger partial charge in [0.1, 0.15) is 48.8 Å². The first-order valence-corrected chi connectivity index (χ1v) is 33.4. The van der Waals surface area contributed by atoms with E-state index in [2.05, 4.69) is 55.6 Å². The van der Waals surface area contributed by atoms with Crippen LogP contribution < -0.4 is 5.32 Å². The number of aliphatic hydroxyl groups is 8. The third kappa shape index (κ3) is 37.2. The van der Waals surface area contributed by atoms with E-state index in [4.69, 9.17) is 18.9 Å². The molecule has 2 saturated heterocycles. The molecule has 9 N–H and O–H groups in total. The Morgan fingerprint density at radius 2 is 0.827 bits per heavy atom. The summed E-state index contributed by atoms with van der Waals surface area (Å²) in [6.45, 7) is 2.76. The van der Waals surface area contributed by atoms with Crippen LogP contribution in [0.4, 0.5) is 0 Å². The van der Waals surface area contributed by atoms with Gasteiger partial charge in [0, 0.05) is 6.42 Å². The summed E-state index contributed by atoms with van der Waals surface area (Å²) >= 11 is 0. The molecule has 14 heteroatoms. The summed E-state index contributed by atoms with van der Waals surface area (Å²) in [4.78, 5) is 13.3. The minimum atomic E-state index is -1.79. The highest BCUT2D eigenvalue weighted by atomic mass is 16.7. The number of unbranched alkanes of at least 4 members (excludes halogenated alkanes) is 35. The molecule has 2 aliphatic rings. The summed E-state index contributed by atoms with van der Waals surface area (Å²) in [6, 6.07) is -0.929. The van der Waals surface area contributed by atoms with Crippen molar-refractivity contribution in [2.24, 2.45) is 0 Å². The average Bonchev–Trinajstić information content (AvgIpc) is 3.46. The van der Waals surface area contributed by atoms with Crippen LogP contribution in [0.2, 0.25) is 0 Å². The maximum absolute atomic E-state index is 13.3. The molecule has 0 aromatic carbocycles. The van der Waals surface area contributed by atoms with Crippen LogP contribution in [0.5, 0.6) is 0 Å². The van der Waals surface area contributed by atoms with E-state index in [1.165, 1.54) is 205 Å². The summed E-state index contributed by atoms with van der Waals surface area (Å²) in [6.07, 6.45) is 50.5. The minimum Gasteiger partial charge on any atom is -0.394 e. The summed E-state index contributed by atoms with van der Waals surface area (Å²) in [5.41, 5.74) is 0. The molecule has 12 unspecified atom stereocenters. The lowest BCUT2D eigenvalue weighted by Gasteiger charge is -2.46. The van der Waals surface area contributed by atoms with E-state index in [9.17, 15) is 45.6 Å². The van der Waals surface area contributed by atoms with Gasteiger partial charge in [-0.15, -0.1) is 0 Å². The predicted octanol–water partition coefficient (Wildman–Crippen LogP) is 12.7. The van der Waals surface area contributed by atoms with Crippen molar-refractivity contribution >= 4 is 5.91 Å². The molecule has 2 rings (SSSR count). The van der Waals surface area contributed by atoms with Gasteiger partial charge in [0.05, 0.1) is 32.0 Å². The lowest BCUT2D eigenvalue weighted by atomic mass is 9.97. The highest BCUT2D eigenvalue weighted by molar-refractivity contribution is 5.76. The Balaban J connectivity index is 1.59. The topological polar surface area (TPSA) is 228 Å². The molecule has 81 heavy (non-hydrogen) atoms. The normalized spacial score (nSPS) is 24.4. The molecule has 2 fully saturated rings. The summed E-state index contributed by atoms with van der Waals surface area (Å²) in [7, 11) is 0. The van der Waals surface area contributed by atoms with Crippen LogP contribution in [0.15, 0.2) is 48.6 Å². The van der Waals surface area contributed by atoms with Crippen molar-refractivity contribution < 1.29 is 64.6 Å². The quantitative estimate of drug-likeness (QED) is 0.0204. The Hall–Kier alpha value is -2.05. The zero-order valence-electron chi connectivity index (χ0n) is 51.3. The number of amides is 1. The number of hydrogen-bond acceptors (Lipinski definition) is 13. The van der Waals surface area contributed by atoms with Gasteiger partial charge < -0.3 is 65.1 Å². The smallest absolute Gasteiger partial charge is 0.220 e. The number of allylic oxidation sites excluding steroid dienone is 7. The molecule has 2 aliphatic heterocycles. The molecule has 0 aliphatic carbocycles. The highest BCUT2D eigenvalue weighted by Gasteiger charge is 2.51. The van der Waals surface area contributed by atoms with Crippen LogP contribution in [-0.2, 0) is 23.7 Å². The lowest BCUT2D eigenvalue weighted by molar-refractivity contribution is -0.359. The molecule has 14 nitrogen and oxygen atoms in total. The first kappa shape index (κ1) is 75.0. The second kappa shape index (κ2) is 52.3. The Morgan fingerprint density at radius 1 is 0.444 bits per heavy atom. The minimum absolute atomic E-state index is 0.247. The van der Waals surface area contributed by atoms with Crippen LogP contribution in [0.1, 0.15) is 277 Å². The van der Waals surface area contributed by atoms with Crippen molar-refractivity contribution in [2.75, 3.05) is 19.8 Å². The molecular weight excluding hydrogens is 1030 g/mol. The van der Waals surface area contributed by atoms with Gasteiger partial charge in [0.2, 0.25) is 5.91 Å². The fourth-order valence-electron chi connectivity index (χ4n) is 10.9. The Kier molecular flexibility index (Phi) is 48.5. The van der Waals surface area contributed by atoms with E-state index >= 15 is 0 Å². The molecule has 0 aromatic heterocycles. The van der Waals surface area contributed by atoms with Crippen LogP contribution in [0.25, 0.3) is 0 Å². The summed E-state index contributed by atoms with van der Waals surface area (Å²) < 4.78 is 22.8. The highest BCUT2D eigenvalue weighted by Crippen LogP contribution is 2.30. The maximum Gasteiger partial charge on any atom is 0.220 e.